The molecule has 1 unspecified atom stereocenters. The van der Waals surface area contributed by atoms with Crippen LogP contribution in [0.4, 0.5) is 5.95 Å². The molecule has 5 nitrogen and oxygen atoms in total. The maximum Gasteiger partial charge on any atom is 0.225 e. The van der Waals surface area contributed by atoms with Gasteiger partial charge in [0.2, 0.25) is 5.95 Å². The molecular weight excluding hydrogens is 326 g/mol. The van der Waals surface area contributed by atoms with E-state index in [1.807, 2.05) is 25.1 Å². The standard InChI is InChI=1S/C21H27N3O2/c1-15-19(16(2)25)14-22-21(23-15)24-12-10-18(11-13-24)20(26)9-8-17-6-4-3-5-7-17/h3-7,14,18,20,26H,8-13H2,1-2H3. The molecule has 1 atom stereocenters. The molecule has 1 saturated heterocycles. The van der Waals surface area contributed by atoms with Crippen LogP contribution in [0.15, 0.2) is 36.5 Å². The molecule has 138 valence electrons. The number of hydrogen-bond donors (Lipinski definition) is 1. The molecule has 1 aliphatic rings. The van der Waals surface area contributed by atoms with Crippen molar-refractivity contribution in [3.05, 3.63) is 53.3 Å². The van der Waals surface area contributed by atoms with Crippen molar-refractivity contribution in [1.29, 1.82) is 0 Å². The van der Waals surface area contributed by atoms with Gasteiger partial charge < -0.3 is 10.0 Å². The Morgan fingerprint density at radius 2 is 1.96 bits per heavy atom. The largest absolute Gasteiger partial charge is 0.393 e. The molecule has 1 aromatic heterocycles. The highest BCUT2D eigenvalue weighted by atomic mass is 16.3. The van der Waals surface area contributed by atoms with E-state index >= 15 is 0 Å². The zero-order valence-electron chi connectivity index (χ0n) is 15.6. The van der Waals surface area contributed by atoms with Gasteiger partial charge in [-0.05, 0) is 51.0 Å². The van der Waals surface area contributed by atoms with Gasteiger partial charge in [-0.3, -0.25) is 4.79 Å². The van der Waals surface area contributed by atoms with Crippen molar-refractivity contribution in [1.82, 2.24) is 9.97 Å². The molecule has 1 aliphatic heterocycles. The van der Waals surface area contributed by atoms with Gasteiger partial charge in [0.15, 0.2) is 5.78 Å². The molecule has 2 heterocycles. The molecule has 5 heteroatoms. The topological polar surface area (TPSA) is 66.3 Å². The van der Waals surface area contributed by atoms with E-state index in [0.29, 0.717) is 17.4 Å². The van der Waals surface area contributed by atoms with Gasteiger partial charge in [-0.2, -0.15) is 0 Å². The third-order valence-electron chi connectivity index (χ3n) is 5.28. The first-order valence-corrected chi connectivity index (χ1v) is 9.36. The number of rotatable bonds is 6. The highest BCUT2D eigenvalue weighted by molar-refractivity contribution is 5.94. The Labute approximate surface area is 155 Å². The zero-order chi connectivity index (χ0) is 18.5. The zero-order valence-corrected chi connectivity index (χ0v) is 15.6. The van der Waals surface area contributed by atoms with Crippen LogP contribution < -0.4 is 4.90 Å². The lowest BCUT2D eigenvalue weighted by atomic mass is 9.88. The van der Waals surface area contributed by atoms with Crippen molar-refractivity contribution < 1.29 is 9.90 Å². The van der Waals surface area contributed by atoms with E-state index in [1.165, 1.54) is 12.5 Å². The van der Waals surface area contributed by atoms with E-state index in [2.05, 4.69) is 27.0 Å². The second-order valence-electron chi connectivity index (χ2n) is 7.14. The Balaban J connectivity index is 1.52. The average Bonchev–Trinajstić information content (AvgIpc) is 2.66. The molecule has 1 N–H and O–H groups in total. The minimum atomic E-state index is -0.264. The Morgan fingerprint density at radius 1 is 1.27 bits per heavy atom. The third kappa shape index (κ3) is 4.47. The molecular formula is C21H27N3O2. The van der Waals surface area contributed by atoms with Gasteiger partial charge in [-0.25, -0.2) is 9.97 Å². The van der Waals surface area contributed by atoms with Crippen LogP contribution >= 0.6 is 0 Å². The number of Topliss-reactive ketones (excluding diaryl/α,β-unsaturated/α-hetero) is 1. The van der Waals surface area contributed by atoms with E-state index in [-0.39, 0.29) is 11.9 Å². The van der Waals surface area contributed by atoms with Crippen molar-refractivity contribution in [2.75, 3.05) is 18.0 Å². The Morgan fingerprint density at radius 3 is 2.58 bits per heavy atom. The average molecular weight is 353 g/mol. The highest BCUT2D eigenvalue weighted by Crippen LogP contribution is 2.25. The van der Waals surface area contributed by atoms with Crippen LogP contribution in [0.1, 0.15) is 47.8 Å². The van der Waals surface area contributed by atoms with E-state index in [0.717, 1.165) is 44.5 Å². The van der Waals surface area contributed by atoms with Gasteiger partial charge in [0, 0.05) is 19.3 Å². The lowest BCUT2D eigenvalue weighted by Gasteiger charge is -2.34. The lowest BCUT2D eigenvalue weighted by molar-refractivity contribution is 0.0848. The number of piperidine rings is 1. The first-order chi connectivity index (χ1) is 12.5. The number of carbonyl (C=O) groups excluding carboxylic acids is 1. The van der Waals surface area contributed by atoms with Gasteiger partial charge in [-0.15, -0.1) is 0 Å². The normalized spacial score (nSPS) is 16.5. The van der Waals surface area contributed by atoms with Crippen LogP contribution in [-0.4, -0.2) is 40.1 Å². The molecule has 0 bridgehead atoms. The fourth-order valence-electron chi connectivity index (χ4n) is 3.63. The predicted octanol–water partition coefficient (Wildman–Crippen LogP) is 3.20. The van der Waals surface area contributed by atoms with Crippen LogP contribution in [0.25, 0.3) is 0 Å². The number of ketones is 1. The number of anilines is 1. The number of aliphatic hydroxyl groups excluding tert-OH is 1. The van der Waals surface area contributed by atoms with Crippen LogP contribution in [0.5, 0.6) is 0 Å². The van der Waals surface area contributed by atoms with Gasteiger partial charge >= 0.3 is 0 Å². The number of aromatic nitrogens is 2. The first kappa shape index (κ1) is 18.5. The van der Waals surface area contributed by atoms with E-state index in [9.17, 15) is 9.90 Å². The maximum atomic E-state index is 11.5. The molecule has 3 rings (SSSR count). The number of aliphatic hydroxyl groups is 1. The number of nitrogens with zero attached hydrogens (tertiary/aromatic N) is 3. The number of benzene rings is 1. The van der Waals surface area contributed by atoms with Gasteiger partial charge in [-0.1, -0.05) is 30.3 Å². The SMILES string of the molecule is CC(=O)c1cnc(N2CCC(C(O)CCc3ccccc3)CC2)nc1C. The highest BCUT2D eigenvalue weighted by Gasteiger charge is 2.26. The molecule has 0 aliphatic carbocycles. The quantitative estimate of drug-likeness (QED) is 0.808. The Bertz CT molecular complexity index is 740. The first-order valence-electron chi connectivity index (χ1n) is 9.36. The summed E-state index contributed by atoms with van der Waals surface area (Å²) in [5.41, 5.74) is 2.59. The van der Waals surface area contributed by atoms with Crippen molar-refractivity contribution in [3.63, 3.8) is 0 Å². The van der Waals surface area contributed by atoms with Gasteiger partial charge in [0.1, 0.15) is 0 Å². The van der Waals surface area contributed by atoms with Crippen LogP contribution in [-0.2, 0) is 6.42 Å². The van der Waals surface area contributed by atoms with Crippen LogP contribution in [0.2, 0.25) is 0 Å². The number of carbonyl (C=O) groups is 1. The summed E-state index contributed by atoms with van der Waals surface area (Å²) < 4.78 is 0. The minimum Gasteiger partial charge on any atom is -0.393 e. The minimum absolute atomic E-state index is 0.00528. The fraction of sp³-hybridized carbons (Fsp3) is 0.476. The molecule has 2 aromatic rings. The molecule has 1 fully saturated rings. The summed E-state index contributed by atoms with van der Waals surface area (Å²) in [7, 11) is 0. The predicted molar refractivity (Wildman–Crippen MR) is 102 cm³/mol. The summed E-state index contributed by atoms with van der Waals surface area (Å²) in [6, 6.07) is 10.3. The van der Waals surface area contributed by atoms with Crippen LogP contribution in [0, 0.1) is 12.8 Å². The third-order valence-corrected chi connectivity index (χ3v) is 5.28. The molecule has 1 aromatic carbocycles. The summed E-state index contributed by atoms with van der Waals surface area (Å²) in [5.74, 6) is 1.01. The summed E-state index contributed by atoms with van der Waals surface area (Å²) in [6.07, 6.45) is 4.95. The van der Waals surface area contributed by atoms with Crippen molar-refractivity contribution >= 4 is 11.7 Å². The molecule has 0 radical (unpaired) electrons. The molecule has 0 saturated carbocycles. The number of hydrogen-bond acceptors (Lipinski definition) is 5. The molecule has 0 amide bonds. The van der Waals surface area contributed by atoms with Crippen molar-refractivity contribution in [2.45, 2.75) is 45.6 Å². The second kappa shape index (κ2) is 8.41. The van der Waals surface area contributed by atoms with Crippen molar-refractivity contribution in [3.8, 4) is 0 Å². The van der Waals surface area contributed by atoms with E-state index < -0.39 is 0 Å². The fourth-order valence-corrected chi connectivity index (χ4v) is 3.63. The molecule has 26 heavy (non-hydrogen) atoms. The van der Waals surface area contributed by atoms with Gasteiger partial charge in [0.25, 0.3) is 0 Å². The summed E-state index contributed by atoms with van der Waals surface area (Å²) in [5, 5.41) is 10.5. The van der Waals surface area contributed by atoms with Crippen LogP contribution in [0.3, 0.4) is 0 Å². The monoisotopic (exact) mass is 353 g/mol. The molecule has 0 spiro atoms. The van der Waals surface area contributed by atoms with E-state index in [4.69, 9.17) is 0 Å². The number of aryl methyl sites for hydroxylation is 2. The maximum absolute atomic E-state index is 11.5. The Kier molecular flexibility index (Phi) is 5.99. The Hall–Kier alpha value is -2.27. The van der Waals surface area contributed by atoms with Crippen molar-refractivity contribution in [2.24, 2.45) is 5.92 Å². The summed E-state index contributed by atoms with van der Waals surface area (Å²) >= 11 is 0. The second-order valence-corrected chi connectivity index (χ2v) is 7.14. The smallest absolute Gasteiger partial charge is 0.225 e. The summed E-state index contributed by atoms with van der Waals surface area (Å²) in [6.45, 7) is 5.06. The lowest BCUT2D eigenvalue weighted by Crippen LogP contribution is -2.39. The van der Waals surface area contributed by atoms with E-state index in [1.54, 1.807) is 6.20 Å². The van der Waals surface area contributed by atoms with Gasteiger partial charge in [0.05, 0.1) is 17.4 Å². The summed E-state index contributed by atoms with van der Waals surface area (Å²) in [4.78, 5) is 22.5.